The highest BCUT2D eigenvalue weighted by Gasteiger charge is 2.23. The molecule has 0 aliphatic carbocycles. The average molecular weight is 381 g/mol. The van der Waals surface area contributed by atoms with E-state index in [-0.39, 0.29) is 10.9 Å². The summed E-state index contributed by atoms with van der Waals surface area (Å²) in [5, 5.41) is 3.40. The summed E-state index contributed by atoms with van der Waals surface area (Å²) in [6.07, 6.45) is 0. The van der Waals surface area contributed by atoms with Gasteiger partial charge in [0.15, 0.2) is 0 Å². The van der Waals surface area contributed by atoms with E-state index in [4.69, 9.17) is 11.6 Å². The first-order chi connectivity index (χ1) is 11.7. The van der Waals surface area contributed by atoms with Gasteiger partial charge in [0.05, 0.1) is 17.0 Å². The van der Waals surface area contributed by atoms with E-state index in [1.54, 1.807) is 24.3 Å². The number of aryl methyl sites for hydroxylation is 1. The van der Waals surface area contributed by atoms with E-state index >= 15 is 0 Å². The maximum atomic E-state index is 12.3. The van der Waals surface area contributed by atoms with E-state index in [0.717, 1.165) is 11.1 Å². The molecule has 0 aromatic heterocycles. The van der Waals surface area contributed by atoms with E-state index in [0.29, 0.717) is 5.02 Å². The van der Waals surface area contributed by atoms with Gasteiger partial charge in [-0.2, -0.15) is 4.72 Å². The van der Waals surface area contributed by atoms with Crippen LogP contribution in [0.15, 0.2) is 53.4 Å². The van der Waals surface area contributed by atoms with Crippen molar-refractivity contribution in [3.05, 3.63) is 64.7 Å². The van der Waals surface area contributed by atoms with Crippen molar-refractivity contribution in [3.63, 3.8) is 0 Å². The Morgan fingerprint density at radius 3 is 2.12 bits per heavy atom. The van der Waals surface area contributed by atoms with Gasteiger partial charge in [0.1, 0.15) is 0 Å². The predicted molar refractivity (Wildman–Crippen MR) is 99.0 cm³/mol. The predicted octanol–water partition coefficient (Wildman–Crippen LogP) is 3.19. The third-order valence-electron chi connectivity index (χ3n) is 3.79. The van der Waals surface area contributed by atoms with Crippen molar-refractivity contribution in [1.82, 2.24) is 10.0 Å². The fourth-order valence-electron chi connectivity index (χ4n) is 2.24. The maximum Gasteiger partial charge on any atom is 0.241 e. The second-order valence-electron chi connectivity index (χ2n) is 5.94. The molecule has 5 nitrogen and oxygen atoms in total. The molecule has 2 aromatic rings. The van der Waals surface area contributed by atoms with Gasteiger partial charge < -0.3 is 5.32 Å². The van der Waals surface area contributed by atoms with Crippen LogP contribution in [-0.4, -0.2) is 20.4 Å². The summed E-state index contributed by atoms with van der Waals surface area (Å²) < 4.78 is 27.1. The molecule has 0 saturated carbocycles. The smallest absolute Gasteiger partial charge is 0.241 e. The Kier molecular flexibility index (Phi) is 6.21. The second kappa shape index (κ2) is 7.99. The summed E-state index contributed by atoms with van der Waals surface area (Å²) in [6.45, 7) is 5.20. The van der Waals surface area contributed by atoms with Gasteiger partial charge >= 0.3 is 0 Å². The van der Waals surface area contributed by atoms with Gasteiger partial charge in [0.25, 0.3) is 0 Å². The van der Waals surface area contributed by atoms with Crippen LogP contribution in [0, 0.1) is 6.92 Å². The van der Waals surface area contributed by atoms with Crippen LogP contribution in [-0.2, 0) is 14.8 Å². The van der Waals surface area contributed by atoms with Crippen LogP contribution in [0.2, 0.25) is 5.02 Å². The lowest BCUT2D eigenvalue weighted by atomic mass is 10.1. The number of sulfonamides is 1. The van der Waals surface area contributed by atoms with Gasteiger partial charge in [-0.1, -0.05) is 41.4 Å². The number of nitrogens with one attached hydrogen (secondary N) is 2. The molecule has 0 radical (unpaired) electrons. The lowest BCUT2D eigenvalue weighted by Gasteiger charge is -2.19. The van der Waals surface area contributed by atoms with Crippen LogP contribution in [0.1, 0.15) is 31.0 Å². The molecule has 2 N–H and O–H groups in total. The molecule has 2 aromatic carbocycles. The average Bonchev–Trinajstić information content (AvgIpc) is 2.55. The van der Waals surface area contributed by atoms with Crippen LogP contribution in [0.4, 0.5) is 0 Å². The number of hydrogen-bond acceptors (Lipinski definition) is 3. The van der Waals surface area contributed by atoms with Crippen molar-refractivity contribution in [3.8, 4) is 0 Å². The Morgan fingerprint density at radius 2 is 1.56 bits per heavy atom. The highest BCUT2D eigenvalue weighted by atomic mass is 35.5. The van der Waals surface area contributed by atoms with Crippen molar-refractivity contribution in [2.24, 2.45) is 0 Å². The largest absolute Gasteiger partial charge is 0.348 e. The molecule has 1 amide bonds. The number of amides is 1. The van der Waals surface area contributed by atoms with Gasteiger partial charge in [0.2, 0.25) is 15.9 Å². The molecular weight excluding hydrogens is 360 g/mol. The molecule has 134 valence electrons. The minimum absolute atomic E-state index is 0.128. The van der Waals surface area contributed by atoms with Crippen LogP contribution < -0.4 is 10.0 Å². The molecule has 25 heavy (non-hydrogen) atoms. The lowest BCUT2D eigenvalue weighted by Crippen LogP contribution is -2.45. The Morgan fingerprint density at radius 1 is 1.00 bits per heavy atom. The summed E-state index contributed by atoms with van der Waals surface area (Å²) in [5.74, 6) is -0.405. The Balaban J connectivity index is 2.01. The Hall–Kier alpha value is -1.89. The van der Waals surface area contributed by atoms with E-state index in [2.05, 4.69) is 10.0 Å². The Labute approximate surface area is 153 Å². The third kappa shape index (κ3) is 5.29. The molecule has 7 heteroatoms. The second-order valence-corrected chi connectivity index (χ2v) is 8.09. The Bertz CT molecular complexity index is 834. The first kappa shape index (κ1) is 19.4. The summed E-state index contributed by atoms with van der Waals surface area (Å²) in [6, 6.07) is 12.4. The zero-order chi connectivity index (χ0) is 18.6. The zero-order valence-corrected chi connectivity index (χ0v) is 15.9. The molecule has 0 spiro atoms. The zero-order valence-electron chi connectivity index (χ0n) is 14.3. The van der Waals surface area contributed by atoms with Gasteiger partial charge in [-0.15, -0.1) is 0 Å². The summed E-state index contributed by atoms with van der Waals surface area (Å²) in [7, 11) is -3.76. The molecule has 0 bridgehead atoms. The van der Waals surface area contributed by atoms with E-state index < -0.39 is 22.0 Å². The summed E-state index contributed by atoms with van der Waals surface area (Å²) >= 11 is 5.85. The van der Waals surface area contributed by atoms with Crippen molar-refractivity contribution >= 4 is 27.5 Å². The number of rotatable bonds is 6. The third-order valence-corrected chi connectivity index (χ3v) is 5.59. The normalized spacial score (nSPS) is 13.9. The molecular formula is C18H21ClN2O3S. The van der Waals surface area contributed by atoms with Gasteiger partial charge in [-0.05, 0) is 50.6 Å². The minimum atomic E-state index is -3.76. The summed E-state index contributed by atoms with van der Waals surface area (Å²) in [5.41, 5.74) is 1.84. The summed E-state index contributed by atoms with van der Waals surface area (Å²) in [4.78, 5) is 12.4. The molecule has 2 rings (SSSR count). The number of carbonyl (C=O) groups is 1. The van der Waals surface area contributed by atoms with E-state index in [1.807, 2.05) is 26.0 Å². The standard InChI is InChI=1S/C18H21ClN2O3S/c1-12-4-10-17(11-5-12)25(23,24)21-14(3)18(22)20-13(2)15-6-8-16(19)9-7-15/h4-11,13-14,21H,1-3H3,(H,20,22)/t13-,14-/m1/s1. The fraction of sp³-hybridized carbons (Fsp3) is 0.278. The highest BCUT2D eigenvalue weighted by Crippen LogP contribution is 2.16. The van der Waals surface area contributed by atoms with Crippen LogP contribution >= 0.6 is 11.6 Å². The van der Waals surface area contributed by atoms with Gasteiger partial charge in [-0.25, -0.2) is 8.42 Å². The maximum absolute atomic E-state index is 12.3. The molecule has 2 atom stereocenters. The number of hydrogen-bond donors (Lipinski definition) is 2. The first-order valence-corrected chi connectivity index (χ1v) is 9.70. The lowest BCUT2D eigenvalue weighted by molar-refractivity contribution is -0.123. The van der Waals surface area contributed by atoms with E-state index in [1.165, 1.54) is 19.1 Å². The molecule has 0 unspecified atom stereocenters. The SMILES string of the molecule is Cc1ccc(S(=O)(=O)N[C@H](C)C(=O)N[C@H](C)c2ccc(Cl)cc2)cc1. The monoisotopic (exact) mass is 380 g/mol. The minimum Gasteiger partial charge on any atom is -0.348 e. The number of carbonyl (C=O) groups excluding carboxylic acids is 1. The molecule has 0 aliphatic heterocycles. The molecule has 0 aliphatic rings. The number of benzene rings is 2. The van der Waals surface area contributed by atoms with Gasteiger partial charge in [0, 0.05) is 5.02 Å². The molecule has 0 saturated heterocycles. The fourth-order valence-corrected chi connectivity index (χ4v) is 3.57. The van der Waals surface area contributed by atoms with Gasteiger partial charge in [-0.3, -0.25) is 4.79 Å². The van der Waals surface area contributed by atoms with Crippen LogP contribution in [0.25, 0.3) is 0 Å². The van der Waals surface area contributed by atoms with Crippen LogP contribution in [0.3, 0.4) is 0 Å². The topological polar surface area (TPSA) is 75.3 Å². The van der Waals surface area contributed by atoms with Crippen molar-refractivity contribution in [2.75, 3.05) is 0 Å². The van der Waals surface area contributed by atoms with Crippen LogP contribution in [0.5, 0.6) is 0 Å². The molecule has 0 heterocycles. The number of halogens is 1. The van der Waals surface area contributed by atoms with Crippen molar-refractivity contribution < 1.29 is 13.2 Å². The molecule has 0 fully saturated rings. The van der Waals surface area contributed by atoms with Crippen molar-refractivity contribution in [1.29, 1.82) is 0 Å². The first-order valence-electron chi connectivity index (χ1n) is 7.84. The van der Waals surface area contributed by atoms with E-state index in [9.17, 15) is 13.2 Å². The highest BCUT2D eigenvalue weighted by molar-refractivity contribution is 7.89. The van der Waals surface area contributed by atoms with Crippen molar-refractivity contribution in [2.45, 2.75) is 37.8 Å². The quantitative estimate of drug-likeness (QED) is 0.808.